The maximum atomic E-state index is 12.1. The smallest absolute Gasteiger partial charge is 0.249 e. The second-order valence-corrected chi connectivity index (χ2v) is 6.22. The van der Waals surface area contributed by atoms with E-state index < -0.39 is 0 Å². The summed E-state index contributed by atoms with van der Waals surface area (Å²) in [6.45, 7) is 2.49. The normalized spacial score (nSPS) is 22.4. The molecular formula is C15H22BrClN2O2. The molecule has 3 atom stereocenters. The van der Waals surface area contributed by atoms with Crippen molar-refractivity contribution in [3.05, 3.63) is 34.3 Å². The predicted molar refractivity (Wildman–Crippen MR) is 89.6 cm³/mol. The maximum Gasteiger partial charge on any atom is 0.249 e. The Kier molecular flexibility index (Phi) is 7.66. The number of nitrogens with two attached hydrogens (primary N) is 1. The third kappa shape index (κ3) is 5.58. The van der Waals surface area contributed by atoms with Crippen LogP contribution in [-0.4, -0.2) is 30.7 Å². The first-order valence-electron chi connectivity index (χ1n) is 6.99. The molecule has 1 aromatic rings. The molecule has 1 amide bonds. The van der Waals surface area contributed by atoms with E-state index >= 15 is 0 Å². The van der Waals surface area contributed by atoms with Crippen LogP contribution in [0.2, 0.25) is 0 Å². The maximum absolute atomic E-state index is 12.1. The monoisotopic (exact) mass is 376 g/mol. The lowest BCUT2D eigenvalue weighted by Crippen LogP contribution is -2.41. The Morgan fingerprint density at radius 1 is 1.52 bits per heavy atom. The van der Waals surface area contributed by atoms with Gasteiger partial charge in [-0.05, 0) is 43.9 Å². The van der Waals surface area contributed by atoms with E-state index in [-0.39, 0.29) is 36.6 Å². The van der Waals surface area contributed by atoms with Crippen LogP contribution in [0.3, 0.4) is 0 Å². The zero-order valence-electron chi connectivity index (χ0n) is 12.0. The number of carbonyl (C=O) groups is 1. The molecule has 0 saturated carbocycles. The highest BCUT2D eigenvalue weighted by Crippen LogP contribution is 2.19. The van der Waals surface area contributed by atoms with Gasteiger partial charge < -0.3 is 15.8 Å². The van der Waals surface area contributed by atoms with Gasteiger partial charge in [0.15, 0.2) is 0 Å². The van der Waals surface area contributed by atoms with Crippen LogP contribution in [0.5, 0.6) is 0 Å². The Balaban J connectivity index is 0.00000220. The van der Waals surface area contributed by atoms with Gasteiger partial charge in [-0.15, -0.1) is 12.4 Å². The van der Waals surface area contributed by atoms with Crippen molar-refractivity contribution in [3.63, 3.8) is 0 Å². The molecule has 1 aliphatic heterocycles. The third-order valence-electron chi connectivity index (χ3n) is 3.48. The molecule has 21 heavy (non-hydrogen) atoms. The van der Waals surface area contributed by atoms with Crippen molar-refractivity contribution in [2.75, 3.05) is 6.54 Å². The van der Waals surface area contributed by atoms with Gasteiger partial charge in [0.2, 0.25) is 5.91 Å². The first-order valence-corrected chi connectivity index (χ1v) is 7.78. The molecule has 0 aliphatic carbocycles. The number of benzene rings is 1. The Bertz CT molecular complexity index is 473. The molecule has 2 rings (SSSR count). The van der Waals surface area contributed by atoms with Crippen LogP contribution in [-0.2, 0) is 16.0 Å². The van der Waals surface area contributed by atoms with Gasteiger partial charge in [0, 0.05) is 17.1 Å². The second-order valence-electron chi connectivity index (χ2n) is 5.30. The van der Waals surface area contributed by atoms with Crippen LogP contribution in [0.25, 0.3) is 0 Å². The molecule has 4 nitrogen and oxygen atoms in total. The fraction of sp³-hybridized carbons (Fsp3) is 0.533. The number of halogens is 2. The summed E-state index contributed by atoms with van der Waals surface area (Å²) >= 11 is 3.45. The minimum absolute atomic E-state index is 0. The molecule has 0 radical (unpaired) electrons. The summed E-state index contributed by atoms with van der Waals surface area (Å²) in [5.74, 6) is -0.0246. The summed E-state index contributed by atoms with van der Waals surface area (Å²) in [5, 5.41) is 3.01. The fourth-order valence-electron chi connectivity index (χ4n) is 2.48. The fourth-order valence-corrected chi connectivity index (χ4v) is 2.92. The molecule has 0 aromatic heterocycles. The van der Waals surface area contributed by atoms with Crippen molar-refractivity contribution >= 4 is 34.2 Å². The third-order valence-corrected chi connectivity index (χ3v) is 3.98. The Labute approximate surface area is 140 Å². The van der Waals surface area contributed by atoms with Gasteiger partial charge >= 0.3 is 0 Å². The summed E-state index contributed by atoms with van der Waals surface area (Å²) < 4.78 is 6.65. The van der Waals surface area contributed by atoms with E-state index in [0.717, 1.165) is 23.7 Å². The lowest BCUT2D eigenvalue weighted by molar-refractivity contribution is -0.132. The summed E-state index contributed by atoms with van der Waals surface area (Å²) in [6.07, 6.45) is 2.13. The van der Waals surface area contributed by atoms with Gasteiger partial charge in [-0.1, -0.05) is 28.1 Å². The Hall–Kier alpha value is -0.620. The van der Waals surface area contributed by atoms with Gasteiger partial charge in [-0.25, -0.2) is 0 Å². The molecule has 0 spiro atoms. The van der Waals surface area contributed by atoms with Crippen molar-refractivity contribution in [2.24, 2.45) is 5.73 Å². The minimum atomic E-state index is -0.339. The van der Waals surface area contributed by atoms with Crippen molar-refractivity contribution in [1.82, 2.24) is 5.32 Å². The highest BCUT2D eigenvalue weighted by molar-refractivity contribution is 9.10. The number of carbonyl (C=O) groups excluding carboxylic acids is 1. The van der Waals surface area contributed by atoms with E-state index in [2.05, 4.69) is 33.4 Å². The number of hydrogen-bond donors (Lipinski definition) is 2. The van der Waals surface area contributed by atoms with Crippen molar-refractivity contribution in [2.45, 2.75) is 44.4 Å². The van der Waals surface area contributed by atoms with Gasteiger partial charge in [0.05, 0.1) is 6.10 Å². The van der Waals surface area contributed by atoms with E-state index in [1.165, 1.54) is 5.56 Å². The molecule has 1 fully saturated rings. The zero-order valence-corrected chi connectivity index (χ0v) is 14.5. The van der Waals surface area contributed by atoms with Gasteiger partial charge in [0.1, 0.15) is 6.10 Å². The number of rotatable bonds is 5. The van der Waals surface area contributed by atoms with E-state index in [1.54, 1.807) is 0 Å². The molecule has 1 saturated heterocycles. The van der Waals surface area contributed by atoms with Gasteiger partial charge in [0.25, 0.3) is 0 Å². The summed E-state index contributed by atoms with van der Waals surface area (Å²) in [5.41, 5.74) is 6.75. The van der Waals surface area contributed by atoms with Crippen LogP contribution >= 0.6 is 28.3 Å². The summed E-state index contributed by atoms with van der Waals surface area (Å²) in [7, 11) is 0. The molecule has 1 unspecified atom stereocenters. The second kappa shape index (κ2) is 8.73. The largest absolute Gasteiger partial charge is 0.364 e. The molecule has 1 aliphatic rings. The average molecular weight is 378 g/mol. The standard InChI is InChI=1S/C15H21BrN2O2.ClH/c1-10(7-11-3-2-4-12(16)8-11)18-15(19)14-6-5-13(9-17)20-14;/h2-4,8,10,13-14H,5-7,9,17H2,1H3,(H,18,19);1H/t10?,13-,14+;/m1./s1. The first kappa shape index (κ1) is 18.4. The highest BCUT2D eigenvalue weighted by atomic mass is 79.9. The zero-order chi connectivity index (χ0) is 14.5. The first-order chi connectivity index (χ1) is 9.58. The van der Waals surface area contributed by atoms with Crippen molar-refractivity contribution < 1.29 is 9.53 Å². The SMILES string of the molecule is CC(Cc1cccc(Br)c1)NC(=O)[C@@H]1CC[C@H](CN)O1.Cl. The van der Waals surface area contributed by atoms with Crippen LogP contribution in [0.1, 0.15) is 25.3 Å². The molecule has 6 heteroatoms. The van der Waals surface area contributed by atoms with Gasteiger partial charge in [-0.2, -0.15) is 0 Å². The van der Waals surface area contributed by atoms with Crippen LogP contribution in [0.4, 0.5) is 0 Å². The van der Waals surface area contributed by atoms with Crippen LogP contribution in [0.15, 0.2) is 28.7 Å². The van der Waals surface area contributed by atoms with Crippen LogP contribution in [0, 0.1) is 0 Å². The van der Waals surface area contributed by atoms with Crippen LogP contribution < -0.4 is 11.1 Å². The number of hydrogen-bond acceptors (Lipinski definition) is 3. The molecular weight excluding hydrogens is 356 g/mol. The van der Waals surface area contributed by atoms with E-state index in [0.29, 0.717) is 6.54 Å². The lowest BCUT2D eigenvalue weighted by Gasteiger charge is -2.18. The highest BCUT2D eigenvalue weighted by Gasteiger charge is 2.30. The topological polar surface area (TPSA) is 64.4 Å². The average Bonchev–Trinajstić information content (AvgIpc) is 2.87. The number of amides is 1. The number of ether oxygens (including phenoxy) is 1. The van der Waals surface area contributed by atoms with E-state index in [9.17, 15) is 4.79 Å². The molecule has 3 N–H and O–H groups in total. The Morgan fingerprint density at radius 2 is 2.29 bits per heavy atom. The van der Waals surface area contributed by atoms with Gasteiger partial charge in [-0.3, -0.25) is 4.79 Å². The molecule has 1 heterocycles. The molecule has 0 bridgehead atoms. The summed E-state index contributed by atoms with van der Waals surface area (Å²) in [6, 6.07) is 8.20. The van der Waals surface area contributed by atoms with Crippen molar-refractivity contribution in [3.8, 4) is 0 Å². The Morgan fingerprint density at radius 3 is 2.90 bits per heavy atom. The predicted octanol–water partition coefficient (Wildman–Crippen LogP) is 2.42. The van der Waals surface area contributed by atoms with E-state index in [1.807, 2.05) is 19.1 Å². The molecule has 118 valence electrons. The van der Waals surface area contributed by atoms with Crippen molar-refractivity contribution in [1.29, 1.82) is 0 Å². The quantitative estimate of drug-likeness (QED) is 0.828. The van der Waals surface area contributed by atoms with E-state index in [4.69, 9.17) is 10.5 Å². The summed E-state index contributed by atoms with van der Waals surface area (Å²) in [4.78, 5) is 12.1. The lowest BCUT2D eigenvalue weighted by atomic mass is 10.1. The number of nitrogens with one attached hydrogen (secondary N) is 1. The molecule has 1 aromatic carbocycles. The minimum Gasteiger partial charge on any atom is -0.364 e.